The summed E-state index contributed by atoms with van der Waals surface area (Å²) in [6.45, 7) is 0. The lowest BCUT2D eigenvalue weighted by atomic mass is 9.99. The van der Waals surface area contributed by atoms with Crippen LogP contribution in [0.3, 0.4) is 0 Å². The van der Waals surface area contributed by atoms with Crippen molar-refractivity contribution in [1.82, 2.24) is 15.0 Å². The molecule has 5 aromatic rings. The van der Waals surface area contributed by atoms with Gasteiger partial charge >= 0.3 is 0 Å². The van der Waals surface area contributed by atoms with Crippen LogP contribution >= 0.6 is 11.3 Å². The monoisotopic (exact) mass is 589 g/mol. The van der Waals surface area contributed by atoms with E-state index in [1.165, 1.54) is 38.7 Å². The van der Waals surface area contributed by atoms with Crippen LogP contribution in [0, 0.1) is 11.6 Å². The first-order chi connectivity index (χ1) is 20.3. The van der Waals surface area contributed by atoms with Crippen molar-refractivity contribution in [3.63, 3.8) is 0 Å². The normalized spacial score (nSPS) is 10.8. The van der Waals surface area contributed by atoms with Gasteiger partial charge in [0.15, 0.2) is 22.4 Å². The average Bonchev–Trinajstić information content (AvgIpc) is 3.38. The Balaban J connectivity index is 1.44. The number of aromatic nitrogens is 3. The number of halogens is 2. The van der Waals surface area contributed by atoms with Crippen molar-refractivity contribution in [2.75, 3.05) is 32.4 Å². The van der Waals surface area contributed by atoms with Crippen molar-refractivity contribution < 1.29 is 27.8 Å². The third kappa shape index (κ3) is 5.84. The van der Waals surface area contributed by atoms with E-state index in [0.29, 0.717) is 61.4 Å². The zero-order valence-corrected chi connectivity index (χ0v) is 23.6. The summed E-state index contributed by atoms with van der Waals surface area (Å²) < 4.78 is 44.5. The van der Waals surface area contributed by atoms with Crippen LogP contribution in [0.15, 0.2) is 66.9 Å². The van der Waals surface area contributed by atoms with Crippen LogP contribution in [-0.4, -0.2) is 42.1 Å². The predicted octanol–water partition coefficient (Wildman–Crippen LogP) is 6.32. The molecule has 0 radical (unpaired) electrons. The molecule has 3 N–H and O–H groups in total. The average molecular weight is 590 g/mol. The number of nitrogen functional groups attached to an aromatic ring is 1. The number of Topliss-reactive ketones (excluding diaryl/α,β-unsaturated/α-hetero) is 1. The fourth-order valence-corrected chi connectivity index (χ4v) is 5.22. The lowest BCUT2D eigenvalue weighted by Crippen LogP contribution is -2.09. The van der Waals surface area contributed by atoms with Crippen LogP contribution in [0.2, 0.25) is 0 Å². The molecule has 9 nitrogen and oxygen atoms in total. The van der Waals surface area contributed by atoms with Crippen LogP contribution in [-0.2, 0) is 6.42 Å². The molecule has 0 unspecified atom stereocenters. The van der Waals surface area contributed by atoms with Crippen molar-refractivity contribution in [1.29, 1.82) is 0 Å². The van der Waals surface area contributed by atoms with Gasteiger partial charge < -0.3 is 25.3 Å². The third-order valence-electron chi connectivity index (χ3n) is 6.26. The molecule has 2 heterocycles. The fourth-order valence-electron chi connectivity index (χ4n) is 4.40. The van der Waals surface area contributed by atoms with Crippen LogP contribution < -0.4 is 25.3 Å². The SMILES string of the molecule is COc1cc(Nc2nccc(-c3sc(N)nc3-c3cccc(CC(=O)c4c(F)cccc4F)c3)n2)cc(OC)c1OC. The number of methoxy groups -OCH3 is 3. The molecule has 0 saturated heterocycles. The van der Waals surface area contributed by atoms with Gasteiger partial charge in [-0.1, -0.05) is 35.6 Å². The van der Waals surface area contributed by atoms with Crippen molar-refractivity contribution in [3.8, 4) is 39.1 Å². The number of hydrogen-bond donors (Lipinski definition) is 2. The highest BCUT2D eigenvalue weighted by molar-refractivity contribution is 7.19. The van der Waals surface area contributed by atoms with Gasteiger partial charge in [-0.2, -0.15) is 0 Å². The summed E-state index contributed by atoms with van der Waals surface area (Å²) in [5, 5.41) is 3.47. The quantitative estimate of drug-likeness (QED) is 0.180. The van der Waals surface area contributed by atoms with E-state index < -0.39 is 23.0 Å². The highest BCUT2D eigenvalue weighted by atomic mass is 32.1. The van der Waals surface area contributed by atoms with E-state index in [0.717, 1.165) is 12.1 Å². The summed E-state index contributed by atoms with van der Waals surface area (Å²) in [6.07, 6.45) is 1.40. The van der Waals surface area contributed by atoms with Gasteiger partial charge in [0.25, 0.3) is 0 Å². The highest BCUT2D eigenvalue weighted by Gasteiger charge is 2.20. The number of nitrogens with one attached hydrogen (secondary N) is 1. The molecule has 0 aliphatic rings. The number of nitrogens with zero attached hydrogens (tertiary/aromatic N) is 3. The Morgan fingerprint density at radius 2 is 1.62 bits per heavy atom. The molecule has 0 bridgehead atoms. The molecule has 214 valence electrons. The number of carbonyl (C=O) groups excluding carboxylic acids is 1. The Bertz CT molecular complexity index is 1730. The Morgan fingerprint density at radius 1 is 0.929 bits per heavy atom. The number of hydrogen-bond acceptors (Lipinski definition) is 10. The van der Waals surface area contributed by atoms with Gasteiger partial charge in [-0.3, -0.25) is 4.79 Å². The number of carbonyl (C=O) groups is 1. The van der Waals surface area contributed by atoms with Crippen molar-refractivity contribution in [2.24, 2.45) is 0 Å². The van der Waals surface area contributed by atoms with Gasteiger partial charge in [-0.25, -0.2) is 23.7 Å². The van der Waals surface area contributed by atoms with Crippen LogP contribution in [0.4, 0.5) is 25.5 Å². The standard InChI is InChI=1S/C30H25F2N5O4S/c1-39-23-14-18(15-24(40-2)27(23)41-3)35-30-34-11-10-21(36-30)28-26(37-29(33)42-28)17-7-4-6-16(12-17)13-22(38)25-19(31)8-5-9-20(25)32/h4-12,14-15H,13H2,1-3H3,(H2,33,37)(H,34,35,36). The van der Waals surface area contributed by atoms with E-state index in [4.69, 9.17) is 19.9 Å². The second-order valence-electron chi connectivity index (χ2n) is 8.93. The summed E-state index contributed by atoms with van der Waals surface area (Å²) in [7, 11) is 4.57. The summed E-state index contributed by atoms with van der Waals surface area (Å²) in [4.78, 5) is 26.9. The zero-order valence-electron chi connectivity index (χ0n) is 22.8. The smallest absolute Gasteiger partial charge is 0.227 e. The van der Waals surface area contributed by atoms with Crippen LogP contribution in [0.5, 0.6) is 17.2 Å². The Morgan fingerprint density at radius 3 is 2.29 bits per heavy atom. The van der Waals surface area contributed by atoms with Crippen LogP contribution in [0.25, 0.3) is 21.8 Å². The van der Waals surface area contributed by atoms with Gasteiger partial charge in [0.05, 0.1) is 43.2 Å². The second kappa shape index (κ2) is 12.2. The molecular formula is C30H25F2N5O4S. The van der Waals surface area contributed by atoms with Crippen molar-refractivity contribution in [2.45, 2.75) is 6.42 Å². The third-order valence-corrected chi connectivity index (χ3v) is 7.17. The number of rotatable bonds is 10. The summed E-state index contributed by atoms with van der Waals surface area (Å²) >= 11 is 1.24. The largest absolute Gasteiger partial charge is 0.493 e. The van der Waals surface area contributed by atoms with E-state index in [1.54, 1.807) is 42.6 Å². The molecule has 2 aromatic heterocycles. The molecule has 3 aromatic carbocycles. The number of nitrogens with two attached hydrogens (primary N) is 1. The minimum absolute atomic E-state index is 0.197. The number of ether oxygens (including phenoxy) is 3. The maximum Gasteiger partial charge on any atom is 0.227 e. The van der Waals surface area contributed by atoms with Crippen molar-refractivity contribution >= 4 is 33.9 Å². The second-order valence-corrected chi connectivity index (χ2v) is 9.96. The lowest BCUT2D eigenvalue weighted by molar-refractivity contribution is 0.0985. The Labute approximate surface area is 244 Å². The first-order valence-electron chi connectivity index (χ1n) is 12.5. The topological polar surface area (TPSA) is 121 Å². The molecule has 12 heteroatoms. The highest BCUT2D eigenvalue weighted by Crippen LogP contribution is 2.41. The van der Waals surface area contributed by atoms with Gasteiger partial charge in [-0.15, -0.1) is 0 Å². The Hall–Kier alpha value is -5.10. The molecule has 0 saturated carbocycles. The number of anilines is 3. The lowest BCUT2D eigenvalue weighted by Gasteiger charge is -2.14. The first kappa shape index (κ1) is 28.4. The first-order valence-corrected chi connectivity index (χ1v) is 13.4. The molecule has 42 heavy (non-hydrogen) atoms. The Kier molecular flexibility index (Phi) is 8.25. The number of ketones is 1. The van der Waals surface area contributed by atoms with E-state index in [2.05, 4.69) is 20.3 Å². The minimum atomic E-state index is -0.898. The fraction of sp³-hybridized carbons (Fsp3) is 0.133. The maximum absolute atomic E-state index is 14.2. The van der Waals surface area contributed by atoms with Gasteiger partial charge in [-0.05, 0) is 29.8 Å². The molecule has 0 fully saturated rings. The summed E-state index contributed by atoms with van der Waals surface area (Å²) in [6, 6.07) is 15.5. The van der Waals surface area contributed by atoms with Gasteiger partial charge in [0.1, 0.15) is 11.6 Å². The van der Waals surface area contributed by atoms with Gasteiger partial charge in [0, 0.05) is 36.0 Å². The molecule has 0 atom stereocenters. The van der Waals surface area contributed by atoms with Gasteiger partial charge in [0.2, 0.25) is 11.7 Å². The predicted molar refractivity (Wildman–Crippen MR) is 157 cm³/mol. The number of benzene rings is 3. The molecular weight excluding hydrogens is 564 g/mol. The zero-order chi connectivity index (χ0) is 29.8. The summed E-state index contributed by atoms with van der Waals surface area (Å²) in [5.74, 6) is -0.790. The molecule has 5 rings (SSSR count). The van der Waals surface area contributed by atoms with E-state index in [-0.39, 0.29) is 6.42 Å². The number of thiazole rings is 1. The molecule has 0 amide bonds. The molecule has 0 spiro atoms. The molecule has 0 aliphatic heterocycles. The molecule has 0 aliphatic carbocycles. The van der Waals surface area contributed by atoms with Crippen molar-refractivity contribution in [3.05, 3.63) is 89.6 Å². The minimum Gasteiger partial charge on any atom is -0.493 e. The van der Waals surface area contributed by atoms with E-state index >= 15 is 0 Å². The van der Waals surface area contributed by atoms with E-state index in [9.17, 15) is 13.6 Å². The summed E-state index contributed by atoms with van der Waals surface area (Å²) in [5.41, 5.74) is 8.47. The maximum atomic E-state index is 14.2. The van der Waals surface area contributed by atoms with E-state index in [1.807, 2.05) is 6.07 Å². The van der Waals surface area contributed by atoms with Crippen LogP contribution in [0.1, 0.15) is 15.9 Å².